The number of likely N-dealkylation sites (tertiary alicyclic amines) is 1. The van der Waals surface area contributed by atoms with Gasteiger partial charge in [-0.15, -0.1) is 0 Å². The highest BCUT2D eigenvalue weighted by molar-refractivity contribution is 6.36. The first-order chi connectivity index (χ1) is 18.3. The third-order valence-corrected chi connectivity index (χ3v) is 8.06. The minimum atomic E-state index is -0.325. The van der Waals surface area contributed by atoms with Crippen LogP contribution in [0, 0.1) is 19.7 Å². The van der Waals surface area contributed by atoms with E-state index >= 15 is 0 Å². The quantitative estimate of drug-likeness (QED) is 0.414. The third kappa shape index (κ3) is 4.78. The molecule has 1 fully saturated rings. The molecule has 5 rings (SSSR count). The van der Waals surface area contributed by atoms with Gasteiger partial charge in [0.15, 0.2) is 0 Å². The second-order valence-electron chi connectivity index (χ2n) is 10.2. The molecular formula is C31H35FN4O2. The monoisotopic (exact) mass is 514 g/mol. The average molecular weight is 515 g/mol. The van der Waals surface area contributed by atoms with E-state index in [-0.39, 0.29) is 17.6 Å². The van der Waals surface area contributed by atoms with Crippen LogP contribution in [0.3, 0.4) is 0 Å². The molecular weight excluding hydrogens is 479 g/mol. The average Bonchev–Trinajstić information content (AvgIpc) is 3.58. The molecule has 1 atom stereocenters. The van der Waals surface area contributed by atoms with Crippen LogP contribution in [0.15, 0.2) is 42.5 Å². The summed E-state index contributed by atoms with van der Waals surface area (Å²) in [7, 11) is 0. The fourth-order valence-electron chi connectivity index (χ4n) is 5.92. The molecule has 0 saturated carbocycles. The van der Waals surface area contributed by atoms with Crippen LogP contribution in [0.2, 0.25) is 0 Å². The highest BCUT2D eigenvalue weighted by atomic mass is 19.1. The first-order valence-corrected chi connectivity index (χ1v) is 13.4. The number of carbonyl (C=O) groups is 2. The van der Waals surface area contributed by atoms with E-state index in [2.05, 4.69) is 29.0 Å². The molecule has 2 amide bonds. The summed E-state index contributed by atoms with van der Waals surface area (Å²) in [5.74, 6) is -0.386. The number of nitrogens with one attached hydrogen (secondary N) is 2. The van der Waals surface area contributed by atoms with Crippen LogP contribution < -0.4 is 5.32 Å². The highest BCUT2D eigenvalue weighted by Gasteiger charge is 2.31. The number of aromatic nitrogens is 1. The van der Waals surface area contributed by atoms with Gasteiger partial charge >= 0.3 is 0 Å². The van der Waals surface area contributed by atoms with Crippen LogP contribution in [-0.2, 0) is 16.0 Å². The second kappa shape index (κ2) is 10.6. The number of amides is 2. The Kier molecular flexibility index (Phi) is 7.21. The summed E-state index contributed by atoms with van der Waals surface area (Å²) in [5.41, 5.74) is 7.16. The molecule has 6 nitrogen and oxygen atoms in total. The number of hydrogen-bond acceptors (Lipinski definition) is 3. The standard InChI is InChI=1S/C31H35FN4O2/c1-5-35(6-2)23-13-14-36(18-23)29(37)17-25-19(3)28(33-20(25)4)16-26-30-24(21-9-7-10-22(32)15-21)11-8-12-27(30)34-31(26)38/h7-12,15-16,23,33H,5-6,13-14,17-18H2,1-4H3,(H,34,38). The lowest BCUT2D eigenvalue weighted by Crippen LogP contribution is -2.39. The van der Waals surface area contributed by atoms with Crippen molar-refractivity contribution < 1.29 is 14.0 Å². The van der Waals surface area contributed by atoms with Gasteiger partial charge in [0.05, 0.1) is 12.0 Å². The Balaban J connectivity index is 1.43. The van der Waals surface area contributed by atoms with Gasteiger partial charge < -0.3 is 15.2 Å². The number of hydrogen-bond donors (Lipinski definition) is 2. The number of H-pyrrole nitrogens is 1. The predicted molar refractivity (Wildman–Crippen MR) is 150 cm³/mol. The molecule has 0 radical (unpaired) electrons. The van der Waals surface area contributed by atoms with E-state index in [9.17, 15) is 14.0 Å². The lowest BCUT2D eigenvalue weighted by atomic mass is 9.94. The Morgan fingerprint density at radius 1 is 1.16 bits per heavy atom. The van der Waals surface area contributed by atoms with Crippen molar-refractivity contribution in [3.63, 3.8) is 0 Å². The van der Waals surface area contributed by atoms with E-state index in [1.807, 2.05) is 49.1 Å². The molecule has 0 spiro atoms. The molecule has 2 aliphatic heterocycles. The SMILES string of the molecule is CCN(CC)C1CCN(C(=O)Cc2c(C)[nH]c(C=C3C(=O)Nc4cccc(-c5cccc(F)c5)c43)c2C)C1. The van der Waals surface area contributed by atoms with Gasteiger partial charge in [0.2, 0.25) is 5.91 Å². The molecule has 3 heterocycles. The topological polar surface area (TPSA) is 68.4 Å². The van der Waals surface area contributed by atoms with Crippen LogP contribution in [0.1, 0.15) is 48.3 Å². The largest absolute Gasteiger partial charge is 0.359 e. The maximum atomic E-state index is 14.0. The van der Waals surface area contributed by atoms with E-state index in [0.717, 1.165) is 66.2 Å². The van der Waals surface area contributed by atoms with Crippen molar-refractivity contribution in [3.8, 4) is 11.1 Å². The Morgan fingerprint density at radius 2 is 1.92 bits per heavy atom. The lowest BCUT2D eigenvalue weighted by Gasteiger charge is -2.26. The predicted octanol–water partition coefficient (Wildman–Crippen LogP) is 5.42. The molecule has 2 aromatic carbocycles. The number of aryl methyl sites for hydroxylation is 1. The van der Waals surface area contributed by atoms with Gasteiger partial charge in [-0.1, -0.05) is 38.1 Å². The molecule has 3 aromatic rings. The lowest BCUT2D eigenvalue weighted by molar-refractivity contribution is -0.129. The van der Waals surface area contributed by atoms with Gasteiger partial charge in [-0.2, -0.15) is 0 Å². The van der Waals surface area contributed by atoms with E-state index < -0.39 is 0 Å². The van der Waals surface area contributed by atoms with E-state index in [1.54, 1.807) is 6.07 Å². The van der Waals surface area contributed by atoms with Crippen LogP contribution in [0.5, 0.6) is 0 Å². The summed E-state index contributed by atoms with van der Waals surface area (Å²) < 4.78 is 14.0. The summed E-state index contributed by atoms with van der Waals surface area (Å²) in [5, 5.41) is 2.95. The minimum Gasteiger partial charge on any atom is -0.359 e. The minimum absolute atomic E-state index is 0.140. The van der Waals surface area contributed by atoms with Crippen molar-refractivity contribution in [1.82, 2.24) is 14.8 Å². The van der Waals surface area contributed by atoms with E-state index in [4.69, 9.17) is 0 Å². The van der Waals surface area contributed by atoms with Crippen molar-refractivity contribution in [2.45, 2.75) is 46.6 Å². The third-order valence-electron chi connectivity index (χ3n) is 8.06. The Morgan fingerprint density at radius 3 is 2.66 bits per heavy atom. The van der Waals surface area contributed by atoms with Crippen LogP contribution >= 0.6 is 0 Å². The fourth-order valence-corrected chi connectivity index (χ4v) is 5.92. The number of anilines is 1. The van der Waals surface area contributed by atoms with Crippen LogP contribution in [-0.4, -0.2) is 58.8 Å². The number of likely N-dealkylation sites (N-methyl/N-ethyl adjacent to an activating group) is 1. The zero-order valence-electron chi connectivity index (χ0n) is 22.5. The van der Waals surface area contributed by atoms with E-state index in [0.29, 0.717) is 29.3 Å². The summed E-state index contributed by atoms with van der Waals surface area (Å²) >= 11 is 0. The number of benzene rings is 2. The van der Waals surface area contributed by atoms with Crippen molar-refractivity contribution in [2.24, 2.45) is 0 Å². The molecule has 0 bridgehead atoms. The van der Waals surface area contributed by atoms with Crippen molar-refractivity contribution >= 4 is 29.2 Å². The summed E-state index contributed by atoms with van der Waals surface area (Å²) in [6, 6.07) is 12.4. The normalized spacial score (nSPS) is 17.9. The van der Waals surface area contributed by atoms with Crippen molar-refractivity contribution in [3.05, 3.63) is 76.4 Å². The number of fused-ring (bicyclic) bond motifs is 1. The maximum Gasteiger partial charge on any atom is 0.256 e. The molecule has 2 aliphatic rings. The first-order valence-electron chi connectivity index (χ1n) is 13.4. The number of aromatic amines is 1. The molecule has 38 heavy (non-hydrogen) atoms. The Hall–Kier alpha value is -3.71. The van der Waals surface area contributed by atoms with Crippen molar-refractivity contribution in [1.29, 1.82) is 0 Å². The highest BCUT2D eigenvalue weighted by Crippen LogP contribution is 2.41. The fraction of sp³-hybridized carbons (Fsp3) is 0.355. The summed E-state index contributed by atoms with van der Waals surface area (Å²) in [6.07, 6.45) is 3.20. The molecule has 1 aromatic heterocycles. The number of halogens is 1. The van der Waals surface area contributed by atoms with Crippen LogP contribution in [0.25, 0.3) is 22.8 Å². The Labute approximate surface area is 223 Å². The van der Waals surface area contributed by atoms with Crippen LogP contribution in [0.4, 0.5) is 10.1 Å². The zero-order chi connectivity index (χ0) is 27.0. The van der Waals surface area contributed by atoms with Gasteiger partial charge in [-0.3, -0.25) is 14.5 Å². The maximum absolute atomic E-state index is 14.0. The molecule has 2 N–H and O–H groups in total. The molecule has 7 heteroatoms. The number of nitrogens with zero attached hydrogens (tertiary/aromatic N) is 2. The first kappa shape index (κ1) is 25.9. The zero-order valence-corrected chi connectivity index (χ0v) is 22.5. The molecule has 198 valence electrons. The number of rotatable bonds is 7. The van der Waals surface area contributed by atoms with Gasteiger partial charge in [0.25, 0.3) is 5.91 Å². The van der Waals surface area contributed by atoms with E-state index in [1.165, 1.54) is 12.1 Å². The van der Waals surface area contributed by atoms with Gasteiger partial charge in [-0.05, 0) is 79.9 Å². The van der Waals surface area contributed by atoms with Gasteiger partial charge in [0.1, 0.15) is 5.82 Å². The summed E-state index contributed by atoms with van der Waals surface area (Å²) in [6.45, 7) is 11.9. The van der Waals surface area contributed by atoms with Crippen molar-refractivity contribution in [2.75, 3.05) is 31.5 Å². The molecule has 1 unspecified atom stereocenters. The molecule has 0 aliphatic carbocycles. The van der Waals surface area contributed by atoms with Gasteiger partial charge in [0, 0.05) is 41.8 Å². The number of carbonyl (C=O) groups excluding carboxylic acids is 2. The van der Waals surface area contributed by atoms with Gasteiger partial charge in [-0.25, -0.2) is 4.39 Å². The molecule has 1 saturated heterocycles. The smallest absolute Gasteiger partial charge is 0.256 e. The second-order valence-corrected chi connectivity index (χ2v) is 10.2. The Bertz CT molecular complexity index is 1420. The summed E-state index contributed by atoms with van der Waals surface area (Å²) in [4.78, 5) is 34.1.